The van der Waals surface area contributed by atoms with E-state index in [1.807, 2.05) is 12.1 Å². The second-order valence-corrected chi connectivity index (χ2v) is 2.19. The Labute approximate surface area is 62.8 Å². The largest absolute Gasteiger partial charge is 0.356 e. The van der Waals surface area contributed by atoms with Crippen molar-refractivity contribution in [2.24, 2.45) is 0 Å². The fourth-order valence-corrected chi connectivity index (χ4v) is 0.930. The molecule has 52 valence electrons. The Hall–Kier alpha value is -1.82. The molecule has 0 saturated carbocycles. The van der Waals surface area contributed by atoms with E-state index in [0.29, 0.717) is 11.1 Å². The van der Waals surface area contributed by atoms with Crippen LogP contribution in [0.15, 0.2) is 28.9 Å². The van der Waals surface area contributed by atoms with Gasteiger partial charge in [0.2, 0.25) is 0 Å². The minimum Gasteiger partial charge on any atom is -0.356 e. The molecule has 0 amide bonds. The number of fused-ring (bicyclic) bond motifs is 1. The molecule has 0 aliphatic heterocycles. The summed E-state index contributed by atoms with van der Waals surface area (Å²) in [5.41, 5.74) is 1.25. The number of rotatable bonds is 0. The molecule has 1 heterocycles. The standard InChI is InChI=1S/C8H4N2O/c9-4-6-1-2-7-5-10-11-8(7)3-6/h1-3,5H. The lowest BCUT2D eigenvalue weighted by atomic mass is 10.2. The monoisotopic (exact) mass is 144 g/mol. The summed E-state index contributed by atoms with van der Waals surface area (Å²) in [6, 6.07) is 7.24. The average Bonchev–Trinajstić information content (AvgIpc) is 2.50. The van der Waals surface area contributed by atoms with Gasteiger partial charge in [-0.05, 0) is 12.1 Å². The minimum atomic E-state index is 0.592. The number of nitrogens with zero attached hydrogens (tertiary/aromatic N) is 2. The number of nitriles is 1. The summed E-state index contributed by atoms with van der Waals surface area (Å²) in [6.45, 7) is 0. The molecular formula is C8H4N2O. The third-order valence-corrected chi connectivity index (χ3v) is 1.49. The van der Waals surface area contributed by atoms with Crippen LogP contribution in [0.3, 0.4) is 0 Å². The van der Waals surface area contributed by atoms with Crippen LogP contribution in [0.5, 0.6) is 0 Å². The lowest BCUT2D eigenvalue weighted by molar-refractivity contribution is 0.456. The lowest BCUT2D eigenvalue weighted by Gasteiger charge is -1.85. The van der Waals surface area contributed by atoms with Crippen molar-refractivity contribution in [2.45, 2.75) is 0 Å². The van der Waals surface area contributed by atoms with E-state index in [0.717, 1.165) is 5.39 Å². The molecular weight excluding hydrogens is 140 g/mol. The summed E-state index contributed by atoms with van der Waals surface area (Å²) in [7, 11) is 0. The number of aromatic nitrogens is 1. The van der Waals surface area contributed by atoms with Crippen LogP contribution in [0.25, 0.3) is 11.0 Å². The second kappa shape index (κ2) is 2.10. The molecule has 11 heavy (non-hydrogen) atoms. The van der Waals surface area contributed by atoms with Gasteiger partial charge in [-0.2, -0.15) is 5.26 Å². The number of hydrogen-bond acceptors (Lipinski definition) is 3. The van der Waals surface area contributed by atoms with Gasteiger partial charge in [0, 0.05) is 11.5 Å². The first kappa shape index (κ1) is 5.93. The molecule has 2 aromatic rings. The zero-order valence-electron chi connectivity index (χ0n) is 5.61. The summed E-state index contributed by atoms with van der Waals surface area (Å²) in [4.78, 5) is 0. The molecule has 1 aromatic carbocycles. The van der Waals surface area contributed by atoms with E-state index >= 15 is 0 Å². The molecule has 0 spiro atoms. The van der Waals surface area contributed by atoms with Crippen molar-refractivity contribution in [3.05, 3.63) is 30.0 Å². The molecule has 0 bridgehead atoms. The fourth-order valence-electron chi connectivity index (χ4n) is 0.930. The van der Waals surface area contributed by atoms with E-state index in [2.05, 4.69) is 5.16 Å². The van der Waals surface area contributed by atoms with Crippen molar-refractivity contribution in [2.75, 3.05) is 0 Å². The van der Waals surface area contributed by atoms with Crippen LogP contribution in [-0.4, -0.2) is 5.16 Å². The highest BCUT2D eigenvalue weighted by Gasteiger charge is 1.97. The van der Waals surface area contributed by atoms with Crippen LogP contribution in [0.1, 0.15) is 5.56 Å². The van der Waals surface area contributed by atoms with Crippen molar-refractivity contribution >= 4 is 11.0 Å². The van der Waals surface area contributed by atoms with Gasteiger partial charge in [-0.15, -0.1) is 0 Å². The third kappa shape index (κ3) is 0.849. The van der Waals surface area contributed by atoms with Gasteiger partial charge in [0.25, 0.3) is 0 Å². The zero-order chi connectivity index (χ0) is 7.68. The smallest absolute Gasteiger partial charge is 0.168 e. The maximum Gasteiger partial charge on any atom is 0.168 e. The Balaban J connectivity index is 2.79. The predicted molar refractivity (Wildman–Crippen MR) is 38.7 cm³/mol. The lowest BCUT2D eigenvalue weighted by Crippen LogP contribution is -1.70. The van der Waals surface area contributed by atoms with Gasteiger partial charge in [-0.1, -0.05) is 5.16 Å². The topological polar surface area (TPSA) is 49.8 Å². The van der Waals surface area contributed by atoms with Crippen molar-refractivity contribution in [3.8, 4) is 6.07 Å². The molecule has 3 nitrogen and oxygen atoms in total. The summed E-state index contributed by atoms with van der Waals surface area (Å²) in [6.07, 6.45) is 1.62. The molecule has 0 atom stereocenters. The Morgan fingerprint density at radius 3 is 3.18 bits per heavy atom. The van der Waals surface area contributed by atoms with Crippen molar-refractivity contribution in [1.82, 2.24) is 5.16 Å². The van der Waals surface area contributed by atoms with E-state index in [1.165, 1.54) is 0 Å². The highest BCUT2D eigenvalue weighted by molar-refractivity contribution is 5.77. The third-order valence-electron chi connectivity index (χ3n) is 1.49. The maximum absolute atomic E-state index is 8.52. The summed E-state index contributed by atoms with van der Waals surface area (Å²) in [5, 5.41) is 13.0. The van der Waals surface area contributed by atoms with Gasteiger partial charge in [0.15, 0.2) is 5.58 Å². The van der Waals surface area contributed by atoms with Gasteiger partial charge < -0.3 is 4.52 Å². The Kier molecular flexibility index (Phi) is 1.13. The first-order valence-electron chi connectivity index (χ1n) is 3.15. The van der Waals surface area contributed by atoms with E-state index in [-0.39, 0.29) is 0 Å². The number of hydrogen-bond donors (Lipinski definition) is 0. The number of benzene rings is 1. The molecule has 0 fully saturated rings. The molecule has 2 rings (SSSR count). The van der Waals surface area contributed by atoms with Crippen LogP contribution < -0.4 is 0 Å². The first-order valence-corrected chi connectivity index (χ1v) is 3.15. The van der Waals surface area contributed by atoms with Crippen LogP contribution in [0.2, 0.25) is 0 Å². The van der Waals surface area contributed by atoms with Crippen molar-refractivity contribution < 1.29 is 4.52 Å². The predicted octanol–water partition coefficient (Wildman–Crippen LogP) is 1.70. The molecule has 1 aromatic heterocycles. The summed E-state index contributed by atoms with van der Waals surface area (Å²) < 4.78 is 4.86. The Morgan fingerprint density at radius 2 is 2.36 bits per heavy atom. The van der Waals surface area contributed by atoms with E-state index < -0.39 is 0 Å². The summed E-state index contributed by atoms with van der Waals surface area (Å²) in [5.74, 6) is 0. The van der Waals surface area contributed by atoms with E-state index in [9.17, 15) is 0 Å². The summed E-state index contributed by atoms with van der Waals surface area (Å²) >= 11 is 0. The molecule has 3 heteroatoms. The maximum atomic E-state index is 8.52. The molecule has 0 N–H and O–H groups in total. The Bertz CT molecular complexity index is 425. The highest BCUT2D eigenvalue weighted by Crippen LogP contribution is 2.13. The van der Waals surface area contributed by atoms with Crippen LogP contribution in [0.4, 0.5) is 0 Å². The van der Waals surface area contributed by atoms with Gasteiger partial charge in [0.1, 0.15) is 0 Å². The fraction of sp³-hybridized carbons (Fsp3) is 0. The van der Waals surface area contributed by atoms with Gasteiger partial charge in [-0.3, -0.25) is 0 Å². The zero-order valence-corrected chi connectivity index (χ0v) is 5.61. The van der Waals surface area contributed by atoms with Crippen LogP contribution in [-0.2, 0) is 0 Å². The second-order valence-electron chi connectivity index (χ2n) is 2.19. The molecule has 0 saturated heterocycles. The Morgan fingerprint density at radius 1 is 1.45 bits per heavy atom. The average molecular weight is 144 g/mol. The minimum absolute atomic E-state index is 0.592. The van der Waals surface area contributed by atoms with E-state index in [1.54, 1.807) is 18.3 Å². The van der Waals surface area contributed by atoms with E-state index in [4.69, 9.17) is 9.78 Å². The molecule has 0 radical (unpaired) electrons. The van der Waals surface area contributed by atoms with Gasteiger partial charge in [-0.25, -0.2) is 0 Å². The normalized spacial score (nSPS) is 9.73. The van der Waals surface area contributed by atoms with Crippen LogP contribution >= 0.6 is 0 Å². The molecule has 0 aliphatic carbocycles. The first-order chi connectivity index (χ1) is 5.40. The van der Waals surface area contributed by atoms with Gasteiger partial charge >= 0.3 is 0 Å². The van der Waals surface area contributed by atoms with Gasteiger partial charge in [0.05, 0.1) is 17.8 Å². The molecule has 0 aliphatic rings. The SMILES string of the molecule is N#Cc1ccc2cnoc2c1. The van der Waals surface area contributed by atoms with Crippen molar-refractivity contribution in [3.63, 3.8) is 0 Å². The van der Waals surface area contributed by atoms with Crippen molar-refractivity contribution in [1.29, 1.82) is 5.26 Å². The van der Waals surface area contributed by atoms with Crippen LogP contribution in [0, 0.1) is 11.3 Å². The molecule has 0 unspecified atom stereocenters. The quantitative estimate of drug-likeness (QED) is 0.565. The highest BCUT2D eigenvalue weighted by atomic mass is 16.5.